The number of fused-ring (bicyclic) bond motifs is 1. The van der Waals surface area contributed by atoms with E-state index in [-0.39, 0.29) is 18.3 Å². The summed E-state index contributed by atoms with van der Waals surface area (Å²) in [5, 5.41) is 0.402. The van der Waals surface area contributed by atoms with Gasteiger partial charge in [0.15, 0.2) is 0 Å². The number of nitrogens with one attached hydrogen (secondary N) is 1. The highest BCUT2D eigenvalue weighted by Crippen LogP contribution is 2.38. The first-order chi connectivity index (χ1) is 13.6. The van der Waals surface area contributed by atoms with Gasteiger partial charge < -0.3 is 9.64 Å². The smallest absolute Gasteiger partial charge is 0.236 e. The van der Waals surface area contributed by atoms with Crippen LogP contribution in [0.5, 0.6) is 5.75 Å². The van der Waals surface area contributed by atoms with Gasteiger partial charge in [0.2, 0.25) is 15.9 Å². The zero-order valence-electron chi connectivity index (χ0n) is 16.7. The van der Waals surface area contributed by atoms with Crippen LogP contribution in [-0.4, -0.2) is 27.5 Å². The number of halogens is 1. The van der Waals surface area contributed by atoms with Gasteiger partial charge >= 0.3 is 0 Å². The summed E-state index contributed by atoms with van der Waals surface area (Å²) < 4.78 is 33.7. The Labute approximate surface area is 176 Å². The van der Waals surface area contributed by atoms with Crippen molar-refractivity contribution in [1.29, 1.82) is 0 Å². The molecule has 2 aromatic carbocycles. The molecule has 3 rings (SSSR count). The minimum Gasteiger partial charge on any atom is -0.490 e. The van der Waals surface area contributed by atoms with Crippen LogP contribution in [0.15, 0.2) is 42.5 Å². The van der Waals surface area contributed by atoms with Crippen LogP contribution in [-0.2, 0) is 20.6 Å². The molecular weight excluding hydrogens is 412 g/mol. The van der Waals surface area contributed by atoms with Crippen molar-refractivity contribution in [2.45, 2.75) is 32.9 Å². The normalized spacial score (nSPS) is 16.0. The topological polar surface area (TPSA) is 75.7 Å². The monoisotopic (exact) mass is 436 g/mol. The third-order valence-electron chi connectivity index (χ3n) is 4.69. The van der Waals surface area contributed by atoms with Crippen molar-refractivity contribution in [1.82, 2.24) is 0 Å². The van der Waals surface area contributed by atoms with E-state index in [0.717, 1.165) is 6.42 Å². The molecule has 8 heteroatoms. The second-order valence-corrected chi connectivity index (χ2v) is 9.89. The van der Waals surface area contributed by atoms with Crippen LogP contribution >= 0.6 is 11.6 Å². The van der Waals surface area contributed by atoms with Crippen molar-refractivity contribution in [2.24, 2.45) is 5.41 Å². The van der Waals surface area contributed by atoms with E-state index in [0.29, 0.717) is 34.3 Å². The lowest BCUT2D eigenvalue weighted by atomic mass is 9.93. The highest BCUT2D eigenvalue weighted by Gasteiger charge is 2.37. The average Bonchev–Trinajstić information content (AvgIpc) is 2.74. The van der Waals surface area contributed by atoms with E-state index in [1.54, 1.807) is 47.4 Å². The number of carbonyl (C=O) groups excluding carboxylic acids is 1. The Morgan fingerprint density at radius 1 is 1.21 bits per heavy atom. The Balaban J connectivity index is 1.88. The predicted molar refractivity (Wildman–Crippen MR) is 116 cm³/mol. The number of hydrogen-bond acceptors (Lipinski definition) is 4. The molecule has 0 unspecified atom stereocenters. The summed E-state index contributed by atoms with van der Waals surface area (Å²) in [7, 11) is -3.67. The number of sulfonamides is 1. The second-order valence-electron chi connectivity index (χ2n) is 7.76. The number of nitrogens with zero attached hydrogens (tertiary/aromatic N) is 1. The average molecular weight is 437 g/mol. The molecule has 0 aromatic heterocycles. The SMILES string of the molecule is CCCN1C(=O)C(C)(C)COc2cc(NS(=O)(=O)Cc3ccccc3Cl)ccc21. The number of rotatable bonds is 6. The first kappa shape index (κ1) is 21.5. The van der Waals surface area contributed by atoms with Crippen molar-refractivity contribution in [2.75, 3.05) is 22.8 Å². The van der Waals surface area contributed by atoms with Crippen LogP contribution < -0.4 is 14.4 Å². The Morgan fingerprint density at radius 3 is 2.62 bits per heavy atom. The summed E-state index contributed by atoms with van der Waals surface area (Å²) in [6, 6.07) is 11.8. The van der Waals surface area contributed by atoms with Gasteiger partial charge in [-0.1, -0.05) is 36.7 Å². The number of amides is 1. The number of hydrogen-bond donors (Lipinski definition) is 1. The fourth-order valence-electron chi connectivity index (χ4n) is 3.19. The summed E-state index contributed by atoms with van der Waals surface area (Å²) >= 11 is 6.08. The van der Waals surface area contributed by atoms with Crippen LogP contribution in [0.4, 0.5) is 11.4 Å². The molecule has 0 spiro atoms. The molecule has 0 atom stereocenters. The molecule has 1 N–H and O–H groups in total. The number of benzene rings is 2. The third kappa shape index (κ3) is 4.85. The molecule has 0 saturated carbocycles. The van der Waals surface area contributed by atoms with Crippen molar-refractivity contribution < 1.29 is 17.9 Å². The number of anilines is 2. The molecular formula is C21H25ClN2O4S. The molecule has 29 heavy (non-hydrogen) atoms. The summed E-state index contributed by atoms with van der Waals surface area (Å²) in [4.78, 5) is 14.6. The molecule has 6 nitrogen and oxygen atoms in total. The lowest BCUT2D eigenvalue weighted by molar-refractivity contribution is -0.127. The maximum atomic E-state index is 12.9. The van der Waals surface area contributed by atoms with E-state index >= 15 is 0 Å². The standard InChI is InChI=1S/C21H25ClN2O4S/c1-4-11-24-18-10-9-16(12-19(18)28-14-21(2,3)20(24)25)23-29(26,27)13-15-7-5-6-8-17(15)22/h5-10,12,23H,4,11,13-14H2,1-3H3. The molecule has 1 aliphatic rings. The van der Waals surface area contributed by atoms with Gasteiger partial charge in [0.05, 0.1) is 22.5 Å². The van der Waals surface area contributed by atoms with Gasteiger partial charge in [0.1, 0.15) is 12.4 Å². The summed E-state index contributed by atoms with van der Waals surface area (Å²) in [5.41, 5.74) is 0.878. The van der Waals surface area contributed by atoms with Gasteiger partial charge in [-0.15, -0.1) is 0 Å². The van der Waals surface area contributed by atoms with Crippen LogP contribution in [0, 0.1) is 5.41 Å². The summed E-state index contributed by atoms with van der Waals surface area (Å²) in [6.45, 7) is 6.47. The van der Waals surface area contributed by atoms with Gasteiger partial charge in [-0.3, -0.25) is 9.52 Å². The van der Waals surface area contributed by atoms with E-state index in [9.17, 15) is 13.2 Å². The van der Waals surface area contributed by atoms with Gasteiger partial charge in [-0.25, -0.2) is 8.42 Å². The fraction of sp³-hybridized carbons (Fsp3) is 0.381. The van der Waals surface area contributed by atoms with Crippen LogP contribution in [0.1, 0.15) is 32.8 Å². The lowest BCUT2D eigenvalue weighted by Gasteiger charge is -2.27. The molecule has 0 fully saturated rings. The zero-order chi connectivity index (χ0) is 21.2. The minimum absolute atomic E-state index is 0.00912. The van der Waals surface area contributed by atoms with E-state index in [1.807, 2.05) is 20.8 Å². The Hall–Kier alpha value is -2.25. The van der Waals surface area contributed by atoms with Crippen molar-refractivity contribution >= 4 is 38.9 Å². The molecule has 0 radical (unpaired) electrons. The van der Waals surface area contributed by atoms with Crippen LogP contribution in [0.25, 0.3) is 0 Å². The Kier molecular flexibility index (Phi) is 6.10. The van der Waals surface area contributed by atoms with Crippen molar-refractivity contribution in [3.8, 4) is 5.75 Å². The first-order valence-corrected chi connectivity index (χ1v) is 11.5. The molecule has 1 heterocycles. The number of ether oxygens (including phenoxy) is 1. The Bertz CT molecular complexity index is 1020. The van der Waals surface area contributed by atoms with E-state index in [1.165, 1.54) is 0 Å². The predicted octanol–water partition coefficient (Wildman–Crippen LogP) is 4.44. The van der Waals surface area contributed by atoms with Gasteiger partial charge in [0, 0.05) is 17.6 Å². The molecule has 156 valence electrons. The molecule has 0 bridgehead atoms. The van der Waals surface area contributed by atoms with Gasteiger partial charge in [-0.05, 0) is 44.0 Å². The molecule has 1 aliphatic heterocycles. The number of carbonyl (C=O) groups is 1. The van der Waals surface area contributed by atoms with Crippen molar-refractivity contribution in [3.05, 3.63) is 53.1 Å². The van der Waals surface area contributed by atoms with Crippen molar-refractivity contribution in [3.63, 3.8) is 0 Å². The molecule has 0 aliphatic carbocycles. The zero-order valence-corrected chi connectivity index (χ0v) is 18.3. The van der Waals surface area contributed by atoms with E-state index < -0.39 is 15.4 Å². The maximum Gasteiger partial charge on any atom is 0.236 e. The minimum atomic E-state index is -3.67. The quantitative estimate of drug-likeness (QED) is 0.726. The van der Waals surface area contributed by atoms with Gasteiger partial charge in [0.25, 0.3) is 0 Å². The molecule has 0 saturated heterocycles. The van der Waals surface area contributed by atoms with E-state index in [2.05, 4.69) is 4.72 Å². The largest absolute Gasteiger partial charge is 0.490 e. The summed E-state index contributed by atoms with van der Waals surface area (Å²) in [5.74, 6) is 0.235. The first-order valence-electron chi connectivity index (χ1n) is 9.46. The molecule has 1 amide bonds. The Morgan fingerprint density at radius 2 is 1.93 bits per heavy atom. The highest BCUT2D eigenvalue weighted by molar-refractivity contribution is 7.91. The molecule has 2 aromatic rings. The van der Waals surface area contributed by atoms with Gasteiger partial charge in [-0.2, -0.15) is 0 Å². The summed E-state index contributed by atoms with van der Waals surface area (Å²) in [6.07, 6.45) is 0.799. The van der Waals surface area contributed by atoms with Crippen LogP contribution in [0.2, 0.25) is 5.02 Å². The fourth-order valence-corrected chi connectivity index (χ4v) is 4.69. The van der Waals surface area contributed by atoms with E-state index in [4.69, 9.17) is 16.3 Å². The van der Waals surface area contributed by atoms with Crippen LogP contribution in [0.3, 0.4) is 0 Å². The lowest BCUT2D eigenvalue weighted by Crippen LogP contribution is -2.42. The third-order valence-corrected chi connectivity index (χ3v) is 6.29. The second kappa shape index (κ2) is 8.24. The maximum absolute atomic E-state index is 12.9. The highest BCUT2D eigenvalue weighted by atomic mass is 35.5.